The van der Waals surface area contributed by atoms with Crippen LogP contribution in [0.1, 0.15) is 11.4 Å². The van der Waals surface area contributed by atoms with Crippen molar-refractivity contribution in [1.29, 1.82) is 0 Å². The third-order valence-corrected chi connectivity index (χ3v) is 4.83. The molecule has 1 N–H and O–H groups in total. The predicted octanol–water partition coefficient (Wildman–Crippen LogP) is 2.93. The highest BCUT2D eigenvalue weighted by atomic mass is 32.1. The lowest BCUT2D eigenvalue weighted by Gasteiger charge is -2.05. The van der Waals surface area contributed by atoms with Gasteiger partial charge in [-0.15, -0.1) is 11.3 Å². The molecule has 4 aromatic heterocycles. The fraction of sp³-hybridized carbons (Fsp3) is 0.235. The third-order valence-electron chi connectivity index (χ3n) is 3.92. The Balaban J connectivity index is 1.35. The van der Waals surface area contributed by atoms with Crippen LogP contribution in [-0.2, 0) is 13.5 Å². The Morgan fingerprint density at radius 2 is 2.08 bits per heavy atom. The summed E-state index contributed by atoms with van der Waals surface area (Å²) in [6, 6.07) is 3.96. The highest BCUT2D eigenvalue weighted by Gasteiger charge is 2.08. The number of nitrogens with zero attached hydrogens (tertiary/aromatic N) is 6. The fourth-order valence-corrected chi connectivity index (χ4v) is 3.48. The van der Waals surface area contributed by atoms with Crippen molar-refractivity contribution in [2.45, 2.75) is 12.8 Å². The van der Waals surface area contributed by atoms with Crippen LogP contribution in [0, 0.1) is 0 Å². The Labute approximate surface area is 148 Å². The van der Waals surface area contributed by atoms with Crippen LogP contribution in [0.4, 0.5) is 5.82 Å². The quantitative estimate of drug-likeness (QED) is 0.538. The second-order valence-corrected chi connectivity index (χ2v) is 6.56. The maximum absolute atomic E-state index is 4.70. The van der Waals surface area contributed by atoms with Gasteiger partial charge in [0, 0.05) is 43.4 Å². The molecule has 0 aromatic carbocycles. The molecule has 0 amide bonds. The van der Waals surface area contributed by atoms with E-state index in [1.54, 1.807) is 40.9 Å². The van der Waals surface area contributed by atoms with Crippen molar-refractivity contribution in [3.8, 4) is 11.3 Å². The standard InChI is InChI=1S/C17H17N7S/c1-24-17-13(9-22-24)16(20-11-21-17)19-6-2-3-15-23-14(10-25-15)12-4-7-18-8-5-12/h4-5,7-11H,2-3,6H2,1H3,(H,19,20,21). The predicted molar refractivity (Wildman–Crippen MR) is 98.5 cm³/mol. The molecule has 0 bridgehead atoms. The number of aromatic nitrogens is 6. The summed E-state index contributed by atoms with van der Waals surface area (Å²) < 4.78 is 1.75. The first-order valence-electron chi connectivity index (χ1n) is 8.02. The zero-order valence-corrected chi connectivity index (χ0v) is 14.6. The summed E-state index contributed by atoms with van der Waals surface area (Å²) in [5.41, 5.74) is 2.96. The summed E-state index contributed by atoms with van der Waals surface area (Å²) in [5.74, 6) is 0.828. The number of fused-ring (bicyclic) bond motifs is 1. The van der Waals surface area contributed by atoms with Crippen LogP contribution in [0.25, 0.3) is 22.3 Å². The molecule has 0 atom stereocenters. The molecule has 0 fully saturated rings. The van der Waals surface area contributed by atoms with Crippen molar-refractivity contribution in [2.75, 3.05) is 11.9 Å². The number of nitrogens with one attached hydrogen (secondary N) is 1. The minimum atomic E-state index is 0.825. The Morgan fingerprint density at radius 1 is 1.20 bits per heavy atom. The van der Waals surface area contributed by atoms with Crippen molar-refractivity contribution in [2.24, 2.45) is 7.05 Å². The normalized spacial score (nSPS) is 11.1. The van der Waals surface area contributed by atoms with Crippen molar-refractivity contribution in [3.63, 3.8) is 0 Å². The van der Waals surface area contributed by atoms with E-state index in [-0.39, 0.29) is 0 Å². The molecular weight excluding hydrogens is 334 g/mol. The molecule has 0 aliphatic rings. The van der Waals surface area contributed by atoms with Gasteiger partial charge in [-0.25, -0.2) is 15.0 Å². The van der Waals surface area contributed by atoms with Gasteiger partial charge in [0.2, 0.25) is 0 Å². The number of anilines is 1. The summed E-state index contributed by atoms with van der Waals surface area (Å²) in [6.45, 7) is 0.825. The van der Waals surface area contributed by atoms with E-state index in [1.165, 1.54) is 0 Å². The van der Waals surface area contributed by atoms with Crippen molar-refractivity contribution in [3.05, 3.63) is 47.4 Å². The van der Waals surface area contributed by atoms with E-state index in [4.69, 9.17) is 4.98 Å². The largest absolute Gasteiger partial charge is 0.369 e. The molecule has 0 aliphatic carbocycles. The fourth-order valence-electron chi connectivity index (χ4n) is 2.63. The van der Waals surface area contributed by atoms with E-state index < -0.39 is 0 Å². The van der Waals surface area contributed by atoms with E-state index in [1.807, 2.05) is 19.2 Å². The highest BCUT2D eigenvalue weighted by molar-refractivity contribution is 7.09. The van der Waals surface area contributed by atoms with Gasteiger partial charge in [0.05, 0.1) is 22.3 Å². The lowest BCUT2D eigenvalue weighted by molar-refractivity contribution is 0.785. The van der Waals surface area contributed by atoms with Gasteiger partial charge < -0.3 is 5.32 Å². The third kappa shape index (κ3) is 3.34. The van der Waals surface area contributed by atoms with Crippen LogP contribution < -0.4 is 5.32 Å². The van der Waals surface area contributed by atoms with Gasteiger partial charge in [-0.05, 0) is 18.6 Å². The number of hydrogen-bond acceptors (Lipinski definition) is 7. The molecule has 4 rings (SSSR count). The maximum Gasteiger partial charge on any atom is 0.163 e. The highest BCUT2D eigenvalue weighted by Crippen LogP contribution is 2.22. The molecule has 0 unspecified atom stereocenters. The second-order valence-electron chi connectivity index (χ2n) is 5.62. The molecule has 0 saturated heterocycles. The summed E-state index contributed by atoms with van der Waals surface area (Å²) >= 11 is 1.70. The van der Waals surface area contributed by atoms with Gasteiger partial charge in [-0.1, -0.05) is 0 Å². The van der Waals surface area contributed by atoms with Crippen LogP contribution >= 0.6 is 11.3 Å². The summed E-state index contributed by atoms with van der Waals surface area (Å²) in [5, 5.41) is 11.8. The van der Waals surface area contributed by atoms with Gasteiger partial charge >= 0.3 is 0 Å². The van der Waals surface area contributed by atoms with Crippen molar-refractivity contribution < 1.29 is 0 Å². The van der Waals surface area contributed by atoms with E-state index in [0.29, 0.717) is 0 Å². The molecule has 4 aromatic rings. The number of hydrogen-bond donors (Lipinski definition) is 1. The van der Waals surface area contributed by atoms with Crippen LogP contribution in [0.15, 0.2) is 42.4 Å². The Hall–Kier alpha value is -2.87. The van der Waals surface area contributed by atoms with Gasteiger partial charge in [0.1, 0.15) is 12.1 Å². The Kier molecular flexibility index (Phi) is 4.34. The molecule has 7 nitrogen and oxygen atoms in total. The maximum atomic E-state index is 4.70. The van der Waals surface area contributed by atoms with Crippen LogP contribution in [0.2, 0.25) is 0 Å². The number of aryl methyl sites for hydroxylation is 2. The van der Waals surface area contributed by atoms with Gasteiger partial charge in [-0.3, -0.25) is 9.67 Å². The molecule has 0 radical (unpaired) electrons. The van der Waals surface area contributed by atoms with Gasteiger partial charge in [0.25, 0.3) is 0 Å². The molecule has 8 heteroatoms. The molecule has 25 heavy (non-hydrogen) atoms. The molecule has 0 saturated carbocycles. The van der Waals surface area contributed by atoms with E-state index >= 15 is 0 Å². The average Bonchev–Trinajstić information content (AvgIpc) is 3.27. The SMILES string of the molecule is Cn1ncc2c(NCCCc3nc(-c4ccncc4)cs3)ncnc21. The smallest absolute Gasteiger partial charge is 0.163 e. The Bertz CT molecular complexity index is 977. The minimum Gasteiger partial charge on any atom is -0.369 e. The zero-order valence-electron chi connectivity index (χ0n) is 13.8. The van der Waals surface area contributed by atoms with Crippen LogP contribution in [0.5, 0.6) is 0 Å². The second kappa shape index (κ2) is 6.94. The molecular formula is C17H17N7S. The number of rotatable bonds is 6. The van der Waals surface area contributed by atoms with Gasteiger partial charge in [-0.2, -0.15) is 5.10 Å². The lowest BCUT2D eigenvalue weighted by atomic mass is 10.2. The van der Waals surface area contributed by atoms with Crippen LogP contribution in [-0.4, -0.2) is 36.3 Å². The van der Waals surface area contributed by atoms with E-state index in [0.717, 1.165) is 52.5 Å². The molecule has 0 spiro atoms. The van der Waals surface area contributed by atoms with Gasteiger partial charge in [0.15, 0.2) is 5.65 Å². The number of pyridine rings is 1. The zero-order chi connectivity index (χ0) is 17.1. The summed E-state index contributed by atoms with van der Waals surface area (Å²) in [4.78, 5) is 17.3. The average molecular weight is 351 g/mol. The van der Waals surface area contributed by atoms with Crippen molar-refractivity contribution >= 4 is 28.2 Å². The Morgan fingerprint density at radius 3 is 2.96 bits per heavy atom. The first kappa shape index (κ1) is 15.6. The minimum absolute atomic E-state index is 0.825. The lowest BCUT2D eigenvalue weighted by Crippen LogP contribution is -2.05. The van der Waals surface area contributed by atoms with E-state index in [2.05, 4.69) is 30.7 Å². The first-order valence-corrected chi connectivity index (χ1v) is 8.90. The van der Waals surface area contributed by atoms with E-state index in [9.17, 15) is 0 Å². The summed E-state index contributed by atoms with van der Waals surface area (Å²) in [6.07, 6.45) is 8.85. The monoisotopic (exact) mass is 351 g/mol. The topological polar surface area (TPSA) is 81.4 Å². The van der Waals surface area contributed by atoms with Crippen LogP contribution in [0.3, 0.4) is 0 Å². The molecule has 0 aliphatic heterocycles. The number of thiazole rings is 1. The molecule has 126 valence electrons. The first-order chi connectivity index (χ1) is 12.3. The van der Waals surface area contributed by atoms with Crippen molar-refractivity contribution in [1.82, 2.24) is 29.7 Å². The molecule has 4 heterocycles. The summed E-state index contributed by atoms with van der Waals surface area (Å²) in [7, 11) is 1.88.